The molecule has 1 aliphatic heterocycles. The number of likely N-dealkylation sites (tertiary alicyclic amines) is 1. The highest BCUT2D eigenvalue weighted by Gasteiger charge is 2.27. The Balaban J connectivity index is 2.02. The maximum absolute atomic E-state index is 13.4. The maximum Gasteiger partial charge on any atom is 0.321 e. The van der Waals surface area contributed by atoms with Crippen LogP contribution in [-0.2, 0) is 4.79 Å². The van der Waals surface area contributed by atoms with Crippen LogP contribution in [0.3, 0.4) is 0 Å². The Morgan fingerprint density at radius 1 is 1.35 bits per heavy atom. The fourth-order valence-electron chi connectivity index (χ4n) is 2.18. The topological polar surface area (TPSA) is 75.4 Å². The van der Waals surface area contributed by atoms with E-state index >= 15 is 0 Å². The number of nitrogens with two attached hydrogens (primary N) is 1. The summed E-state index contributed by atoms with van der Waals surface area (Å²) in [6.07, 6.45) is 1.30. The van der Waals surface area contributed by atoms with E-state index < -0.39 is 23.6 Å². The second-order valence-electron chi connectivity index (χ2n) is 4.74. The van der Waals surface area contributed by atoms with Gasteiger partial charge in [0.25, 0.3) is 0 Å². The molecule has 1 atom stereocenters. The van der Waals surface area contributed by atoms with Crippen molar-refractivity contribution in [2.24, 2.45) is 11.7 Å². The van der Waals surface area contributed by atoms with Crippen molar-refractivity contribution in [3.05, 3.63) is 29.8 Å². The first kappa shape index (κ1) is 14.2. The number of carbonyl (C=O) groups excluding carboxylic acids is 2. The lowest BCUT2D eigenvalue weighted by Gasteiger charge is -2.31. The van der Waals surface area contributed by atoms with E-state index in [9.17, 15) is 18.4 Å². The zero-order valence-electron chi connectivity index (χ0n) is 10.7. The molecule has 0 radical (unpaired) electrons. The van der Waals surface area contributed by atoms with Gasteiger partial charge in [-0.2, -0.15) is 0 Å². The lowest BCUT2D eigenvalue weighted by atomic mass is 9.98. The molecule has 7 heteroatoms. The minimum absolute atomic E-state index is 0.0994. The third kappa shape index (κ3) is 3.23. The zero-order valence-corrected chi connectivity index (χ0v) is 10.7. The molecule has 0 aromatic heterocycles. The van der Waals surface area contributed by atoms with E-state index in [1.807, 2.05) is 0 Å². The summed E-state index contributed by atoms with van der Waals surface area (Å²) in [6.45, 7) is 0.683. The molecule has 1 aromatic rings. The summed E-state index contributed by atoms with van der Waals surface area (Å²) in [6, 6.07) is 2.37. The Morgan fingerprint density at radius 2 is 2.10 bits per heavy atom. The van der Waals surface area contributed by atoms with Crippen LogP contribution in [0.4, 0.5) is 19.3 Å². The molecule has 1 aromatic carbocycles. The molecule has 1 heterocycles. The SMILES string of the molecule is NC(=O)[C@@H]1CCCN(C(=O)Nc2ccc(F)cc2F)C1. The fraction of sp³-hybridized carbons (Fsp3) is 0.385. The van der Waals surface area contributed by atoms with E-state index in [2.05, 4.69) is 5.32 Å². The number of carbonyl (C=O) groups is 2. The van der Waals surface area contributed by atoms with Crippen LogP contribution >= 0.6 is 0 Å². The minimum Gasteiger partial charge on any atom is -0.369 e. The van der Waals surface area contributed by atoms with Gasteiger partial charge in [0.2, 0.25) is 5.91 Å². The first-order valence-electron chi connectivity index (χ1n) is 6.27. The molecule has 0 unspecified atom stereocenters. The summed E-state index contributed by atoms with van der Waals surface area (Å²) in [7, 11) is 0. The molecule has 1 aliphatic rings. The van der Waals surface area contributed by atoms with Crippen LogP contribution in [0.1, 0.15) is 12.8 Å². The second-order valence-corrected chi connectivity index (χ2v) is 4.74. The van der Waals surface area contributed by atoms with Gasteiger partial charge in [0.1, 0.15) is 11.6 Å². The number of piperidine rings is 1. The number of anilines is 1. The van der Waals surface area contributed by atoms with Crippen LogP contribution in [-0.4, -0.2) is 29.9 Å². The number of nitrogens with one attached hydrogen (secondary N) is 1. The van der Waals surface area contributed by atoms with E-state index in [0.717, 1.165) is 12.1 Å². The summed E-state index contributed by atoms with van der Waals surface area (Å²) < 4.78 is 26.2. The van der Waals surface area contributed by atoms with Crippen LogP contribution in [0.5, 0.6) is 0 Å². The van der Waals surface area contributed by atoms with Crippen molar-refractivity contribution >= 4 is 17.6 Å². The molecule has 1 saturated heterocycles. The molecule has 5 nitrogen and oxygen atoms in total. The van der Waals surface area contributed by atoms with Crippen molar-refractivity contribution in [3.63, 3.8) is 0 Å². The van der Waals surface area contributed by atoms with Crippen molar-refractivity contribution in [2.45, 2.75) is 12.8 Å². The predicted molar refractivity (Wildman–Crippen MR) is 68.9 cm³/mol. The van der Waals surface area contributed by atoms with Gasteiger partial charge in [-0.3, -0.25) is 4.79 Å². The van der Waals surface area contributed by atoms with Crippen molar-refractivity contribution in [1.29, 1.82) is 0 Å². The van der Waals surface area contributed by atoms with Gasteiger partial charge in [-0.1, -0.05) is 0 Å². The van der Waals surface area contributed by atoms with Gasteiger partial charge < -0.3 is 16.0 Å². The number of benzene rings is 1. The highest BCUT2D eigenvalue weighted by atomic mass is 19.1. The first-order valence-corrected chi connectivity index (χ1v) is 6.27. The van der Waals surface area contributed by atoms with Gasteiger partial charge in [-0.05, 0) is 25.0 Å². The van der Waals surface area contributed by atoms with Gasteiger partial charge in [0.05, 0.1) is 11.6 Å². The summed E-state index contributed by atoms with van der Waals surface area (Å²) in [5.74, 6) is -2.39. The molecule has 0 bridgehead atoms. The van der Waals surface area contributed by atoms with Crippen molar-refractivity contribution in [2.75, 3.05) is 18.4 Å². The van der Waals surface area contributed by atoms with Crippen LogP contribution in [0, 0.1) is 17.6 Å². The average molecular weight is 283 g/mol. The van der Waals surface area contributed by atoms with Gasteiger partial charge in [0, 0.05) is 19.2 Å². The molecule has 0 aliphatic carbocycles. The third-order valence-corrected chi connectivity index (χ3v) is 3.28. The smallest absolute Gasteiger partial charge is 0.321 e. The molecule has 20 heavy (non-hydrogen) atoms. The number of halogens is 2. The number of amides is 3. The summed E-state index contributed by atoms with van der Waals surface area (Å²) in [5, 5.41) is 2.36. The molecule has 2 rings (SSSR count). The van der Waals surface area contributed by atoms with Gasteiger partial charge in [-0.15, -0.1) is 0 Å². The number of hydrogen-bond donors (Lipinski definition) is 2. The Labute approximate surface area is 114 Å². The molecule has 108 valence electrons. The van der Waals surface area contributed by atoms with Crippen molar-refractivity contribution in [1.82, 2.24) is 4.90 Å². The number of rotatable bonds is 2. The van der Waals surface area contributed by atoms with Gasteiger partial charge in [-0.25, -0.2) is 13.6 Å². The van der Waals surface area contributed by atoms with E-state index in [0.29, 0.717) is 25.5 Å². The van der Waals surface area contributed by atoms with Gasteiger partial charge >= 0.3 is 6.03 Å². The minimum atomic E-state index is -0.846. The van der Waals surface area contributed by atoms with Crippen molar-refractivity contribution < 1.29 is 18.4 Å². The Bertz CT molecular complexity index is 536. The van der Waals surface area contributed by atoms with Crippen LogP contribution in [0.2, 0.25) is 0 Å². The predicted octanol–water partition coefficient (Wildman–Crippen LogP) is 1.69. The second kappa shape index (κ2) is 5.85. The number of primary amides is 1. The third-order valence-electron chi connectivity index (χ3n) is 3.28. The normalized spacial score (nSPS) is 18.7. The highest BCUT2D eigenvalue weighted by molar-refractivity contribution is 5.90. The summed E-state index contributed by atoms with van der Waals surface area (Å²) in [5.41, 5.74) is 5.12. The lowest BCUT2D eigenvalue weighted by molar-refractivity contribution is -0.123. The molecule has 3 N–H and O–H groups in total. The molecule has 0 saturated carbocycles. The lowest BCUT2D eigenvalue weighted by Crippen LogP contribution is -2.45. The monoisotopic (exact) mass is 283 g/mol. The zero-order chi connectivity index (χ0) is 14.7. The number of urea groups is 1. The van der Waals surface area contributed by atoms with Crippen LogP contribution < -0.4 is 11.1 Å². The van der Waals surface area contributed by atoms with Gasteiger partial charge in [0.15, 0.2) is 0 Å². The van der Waals surface area contributed by atoms with Crippen LogP contribution in [0.15, 0.2) is 18.2 Å². The molecule has 3 amide bonds. The number of hydrogen-bond acceptors (Lipinski definition) is 2. The fourth-order valence-corrected chi connectivity index (χ4v) is 2.18. The van der Waals surface area contributed by atoms with Crippen molar-refractivity contribution in [3.8, 4) is 0 Å². The number of nitrogens with zero attached hydrogens (tertiary/aromatic N) is 1. The average Bonchev–Trinajstić information content (AvgIpc) is 2.42. The van der Waals surface area contributed by atoms with E-state index in [4.69, 9.17) is 5.73 Å². The Hall–Kier alpha value is -2.18. The maximum atomic E-state index is 13.4. The Kier molecular flexibility index (Phi) is 4.16. The van der Waals surface area contributed by atoms with E-state index in [1.54, 1.807) is 0 Å². The molecular weight excluding hydrogens is 268 g/mol. The van der Waals surface area contributed by atoms with E-state index in [1.165, 1.54) is 4.90 Å². The quantitative estimate of drug-likeness (QED) is 0.866. The highest BCUT2D eigenvalue weighted by Crippen LogP contribution is 2.19. The standard InChI is InChI=1S/C13H15F2N3O2/c14-9-3-4-11(10(15)6-9)17-13(20)18-5-1-2-8(7-18)12(16)19/h3-4,6,8H,1-2,5,7H2,(H2,16,19)(H,17,20)/t8-/m1/s1. The summed E-state index contributed by atoms with van der Waals surface area (Å²) in [4.78, 5) is 24.5. The van der Waals surface area contributed by atoms with E-state index in [-0.39, 0.29) is 18.2 Å². The molecule has 0 spiro atoms. The first-order chi connectivity index (χ1) is 9.47. The largest absolute Gasteiger partial charge is 0.369 e. The molecular formula is C13H15F2N3O2. The Morgan fingerprint density at radius 3 is 2.75 bits per heavy atom. The van der Waals surface area contributed by atoms with Crippen LogP contribution in [0.25, 0.3) is 0 Å². The molecule has 1 fully saturated rings. The summed E-state index contributed by atoms with van der Waals surface area (Å²) >= 11 is 0.